The summed E-state index contributed by atoms with van der Waals surface area (Å²) in [6.07, 6.45) is 5.46. The quantitative estimate of drug-likeness (QED) is 0.734. The molecule has 0 radical (unpaired) electrons. The maximum atomic E-state index is 12.5. The standard InChI is InChI=1S/C20H29N3O2.ClH/c1-3-13-7-8-17-15(12-13)14(18(24)23-17)9-11-22-19(25)16-6-4-5-10-20(16,2)21;/h7-8,12,14,16H,3-6,9-11,21H2,1-2H3,(H,22,25)(H,23,24);1H. The molecule has 0 bridgehead atoms. The lowest BCUT2D eigenvalue weighted by atomic mass is 9.74. The van der Waals surface area contributed by atoms with Gasteiger partial charge >= 0.3 is 0 Å². The topological polar surface area (TPSA) is 84.2 Å². The normalized spacial score (nSPS) is 27.3. The Balaban J connectivity index is 0.00000243. The molecule has 2 amide bonds. The summed E-state index contributed by atoms with van der Waals surface area (Å²) < 4.78 is 0. The van der Waals surface area contributed by atoms with Crippen LogP contribution in [0.15, 0.2) is 18.2 Å². The summed E-state index contributed by atoms with van der Waals surface area (Å²) in [5.41, 5.74) is 9.07. The van der Waals surface area contributed by atoms with E-state index in [4.69, 9.17) is 5.73 Å². The van der Waals surface area contributed by atoms with Gasteiger partial charge < -0.3 is 16.4 Å². The summed E-state index contributed by atoms with van der Waals surface area (Å²) in [4.78, 5) is 24.8. The van der Waals surface area contributed by atoms with Gasteiger partial charge in [0.1, 0.15) is 0 Å². The first-order valence-corrected chi connectivity index (χ1v) is 9.42. The van der Waals surface area contributed by atoms with Crippen LogP contribution in [0, 0.1) is 5.92 Å². The predicted molar refractivity (Wildman–Crippen MR) is 107 cm³/mol. The van der Waals surface area contributed by atoms with Crippen LogP contribution in [-0.4, -0.2) is 23.9 Å². The first-order chi connectivity index (χ1) is 11.9. The number of rotatable bonds is 5. The van der Waals surface area contributed by atoms with E-state index in [1.165, 1.54) is 5.56 Å². The molecule has 3 atom stereocenters. The molecule has 1 heterocycles. The van der Waals surface area contributed by atoms with E-state index < -0.39 is 5.54 Å². The van der Waals surface area contributed by atoms with Crippen LogP contribution < -0.4 is 16.4 Å². The first kappa shape index (κ1) is 20.7. The molecule has 0 saturated heterocycles. The third-order valence-corrected chi connectivity index (χ3v) is 5.78. The highest BCUT2D eigenvalue weighted by atomic mass is 35.5. The fourth-order valence-electron chi connectivity index (χ4n) is 4.13. The number of benzene rings is 1. The molecule has 0 aromatic heterocycles. The minimum absolute atomic E-state index is 0. The van der Waals surface area contributed by atoms with Gasteiger partial charge in [0.15, 0.2) is 0 Å². The van der Waals surface area contributed by atoms with Gasteiger partial charge in [0.2, 0.25) is 11.8 Å². The van der Waals surface area contributed by atoms with Crippen LogP contribution in [0.25, 0.3) is 0 Å². The van der Waals surface area contributed by atoms with Crippen molar-refractivity contribution in [3.8, 4) is 0 Å². The van der Waals surface area contributed by atoms with Crippen molar-refractivity contribution in [2.75, 3.05) is 11.9 Å². The maximum absolute atomic E-state index is 12.5. The largest absolute Gasteiger partial charge is 0.356 e. The Morgan fingerprint density at radius 2 is 2.15 bits per heavy atom. The van der Waals surface area contributed by atoms with Crippen LogP contribution in [0.5, 0.6) is 0 Å². The van der Waals surface area contributed by atoms with Crippen molar-refractivity contribution in [3.63, 3.8) is 0 Å². The summed E-state index contributed by atoms with van der Waals surface area (Å²) >= 11 is 0. The fraction of sp³-hybridized carbons (Fsp3) is 0.600. The lowest BCUT2D eigenvalue weighted by molar-refractivity contribution is -0.128. The number of halogens is 1. The molecule has 1 aromatic carbocycles. The van der Waals surface area contributed by atoms with Gasteiger partial charge in [0, 0.05) is 17.8 Å². The SMILES string of the molecule is CCc1ccc2c(c1)C(CCNC(=O)C1CCCCC1(C)N)C(=O)N2.Cl. The van der Waals surface area contributed by atoms with Crippen molar-refractivity contribution >= 4 is 29.9 Å². The number of hydrogen-bond donors (Lipinski definition) is 3. The van der Waals surface area contributed by atoms with Crippen molar-refractivity contribution in [2.45, 2.75) is 63.8 Å². The molecule has 1 aliphatic carbocycles. The summed E-state index contributed by atoms with van der Waals surface area (Å²) in [5.74, 6) is -0.250. The molecule has 26 heavy (non-hydrogen) atoms. The summed E-state index contributed by atoms with van der Waals surface area (Å²) in [6.45, 7) is 4.58. The fourth-order valence-corrected chi connectivity index (χ4v) is 4.13. The highest BCUT2D eigenvalue weighted by Gasteiger charge is 2.38. The second-order valence-electron chi connectivity index (χ2n) is 7.70. The van der Waals surface area contributed by atoms with Crippen LogP contribution >= 0.6 is 12.4 Å². The second kappa shape index (κ2) is 8.40. The molecule has 2 aliphatic rings. The molecular weight excluding hydrogens is 350 g/mol. The number of nitrogens with one attached hydrogen (secondary N) is 2. The Labute approximate surface area is 161 Å². The monoisotopic (exact) mass is 379 g/mol. The number of fused-ring (bicyclic) bond motifs is 1. The zero-order valence-electron chi connectivity index (χ0n) is 15.6. The van der Waals surface area contributed by atoms with Gasteiger partial charge in [-0.05, 0) is 49.8 Å². The van der Waals surface area contributed by atoms with E-state index in [2.05, 4.69) is 29.7 Å². The van der Waals surface area contributed by atoms with E-state index in [1.54, 1.807) is 0 Å². The Kier molecular flexibility index (Phi) is 6.69. The average molecular weight is 380 g/mol. The van der Waals surface area contributed by atoms with Crippen LogP contribution in [0.4, 0.5) is 5.69 Å². The number of carbonyl (C=O) groups excluding carboxylic acids is 2. The summed E-state index contributed by atoms with van der Waals surface area (Å²) in [5, 5.41) is 5.96. The van der Waals surface area contributed by atoms with Crippen LogP contribution in [0.3, 0.4) is 0 Å². The Morgan fingerprint density at radius 3 is 2.85 bits per heavy atom. The van der Waals surface area contributed by atoms with E-state index in [0.717, 1.165) is 43.4 Å². The van der Waals surface area contributed by atoms with E-state index in [1.807, 2.05) is 13.0 Å². The zero-order chi connectivity index (χ0) is 18.0. The van der Waals surface area contributed by atoms with E-state index in [9.17, 15) is 9.59 Å². The van der Waals surface area contributed by atoms with Crippen LogP contribution in [-0.2, 0) is 16.0 Å². The molecular formula is C20H30ClN3O2. The highest BCUT2D eigenvalue weighted by molar-refractivity contribution is 6.03. The second-order valence-corrected chi connectivity index (χ2v) is 7.70. The van der Waals surface area contributed by atoms with Crippen molar-refractivity contribution in [2.24, 2.45) is 11.7 Å². The number of amides is 2. The third kappa shape index (κ3) is 4.21. The first-order valence-electron chi connectivity index (χ1n) is 9.42. The number of carbonyl (C=O) groups is 2. The van der Waals surface area contributed by atoms with Gasteiger partial charge in [-0.15, -0.1) is 12.4 Å². The van der Waals surface area contributed by atoms with Crippen LogP contribution in [0.2, 0.25) is 0 Å². The number of nitrogens with two attached hydrogens (primary N) is 1. The molecule has 5 nitrogen and oxygen atoms in total. The smallest absolute Gasteiger partial charge is 0.232 e. The van der Waals surface area contributed by atoms with Crippen molar-refractivity contribution in [3.05, 3.63) is 29.3 Å². The molecule has 144 valence electrons. The van der Waals surface area contributed by atoms with E-state index in [-0.39, 0.29) is 36.1 Å². The van der Waals surface area contributed by atoms with Crippen LogP contribution in [0.1, 0.15) is 63.0 Å². The molecule has 3 unspecified atom stereocenters. The summed E-state index contributed by atoms with van der Waals surface area (Å²) in [7, 11) is 0. The van der Waals surface area contributed by atoms with Gasteiger partial charge in [-0.1, -0.05) is 31.9 Å². The molecule has 4 N–H and O–H groups in total. The average Bonchev–Trinajstić information content (AvgIpc) is 2.89. The molecule has 6 heteroatoms. The van der Waals surface area contributed by atoms with Gasteiger partial charge in [0.25, 0.3) is 0 Å². The molecule has 1 saturated carbocycles. The Morgan fingerprint density at radius 1 is 1.38 bits per heavy atom. The van der Waals surface area contributed by atoms with Crippen molar-refractivity contribution in [1.82, 2.24) is 5.32 Å². The number of hydrogen-bond acceptors (Lipinski definition) is 3. The van der Waals surface area contributed by atoms with Gasteiger partial charge in [-0.3, -0.25) is 9.59 Å². The highest BCUT2D eigenvalue weighted by Crippen LogP contribution is 2.35. The molecule has 3 rings (SSSR count). The molecule has 1 aromatic rings. The number of aryl methyl sites for hydroxylation is 1. The lowest BCUT2D eigenvalue weighted by Crippen LogP contribution is -2.53. The van der Waals surface area contributed by atoms with E-state index in [0.29, 0.717) is 13.0 Å². The van der Waals surface area contributed by atoms with E-state index >= 15 is 0 Å². The van der Waals surface area contributed by atoms with Crippen molar-refractivity contribution in [1.29, 1.82) is 0 Å². The van der Waals surface area contributed by atoms with Gasteiger partial charge in [-0.2, -0.15) is 0 Å². The Bertz CT molecular complexity index is 675. The molecule has 1 fully saturated rings. The summed E-state index contributed by atoms with van der Waals surface area (Å²) in [6, 6.07) is 6.14. The number of anilines is 1. The van der Waals surface area contributed by atoms with Gasteiger partial charge in [0.05, 0.1) is 11.8 Å². The molecule has 1 aliphatic heterocycles. The van der Waals surface area contributed by atoms with Gasteiger partial charge in [-0.25, -0.2) is 0 Å². The zero-order valence-corrected chi connectivity index (χ0v) is 16.5. The lowest BCUT2D eigenvalue weighted by Gasteiger charge is -2.37. The molecule has 0 spiro atoms. The minimum Gasteiger partial charge on any atom is -0.356 e. The predicted octanol–water partition coefficient (Wildman–Crippen LogP) is 3.12. The third-order valence-electron chi connectivity index (χ3n) is 5.78. The maximum Gasteiger partial charge on any atom is 0.232 e. The Hall–Kier alpha value is -1.59. The minimum atomic E-state index is -0.421. The van der Waals surface area contributed by atoms with Crippen molar-refractivity contribution < 1.29 is 9.59 Å².